The minimum atomic E-state index is -1.12. The Kier molecular flexibility index (Phi) is 5.28. The van der Waals surface area contributed by atoms with Crippen molar-refractivity contribution in [2.45, 2.75) is 46.5 Å². The number of hydrogen-bond donors (Lipinski definition) is 0. The molecular weight excluding hydrogens is 199 g/mol. The summed E-state index contributed by atoms with van der Waals surface area (Å²) in [7, 11) is -1.12. The van der Waals surface area contributed by atoms with Gasteiger partial charge in [0.2, 0.25) is 0 Å². The van der Waals surface area contributed by atoms with Crippen LogP contribution in [0.25, 0.3) is 0 Å². The van der Waals surface area contributed by atoms with E-state index >= 15 is 0 Å². The van der Waals surface area contributed by atoms with E-state index in [1.807, 2.05) is 0 Å². The standard InChI is InChI=1S/C10H19O3P/c1-4-7-8-11-14-12-9(5-2)10(6-3)13-14/h4-8H2,1-3H3. The Morgan fingerprint density at radius 1 is 1.07 bits per heavy atom. The Balaban J connectivity index is 2.29. The van der Waals surface area contributed by atoms with Gasteiger partial charge >= 0.3 is 8.60 Å². The van der Waals surface area contributed by atoms with Crippen LogP contribution in [0.15, 0.2) is 11.5 Å². The van der Waals surface area contributed by atoms with Gasteiger partial charge in [-0.15, -0.1) is 0 Å². The fourth-order valence-electron chi connectivity index (χ4n) is 1.16. The Hall–Kier alpha value is -0.270. The summed E-state index contributed by atoms with van der Waals surface area (Å²) in [6.45, 7) is 7.01. The van der Waals surface area contributed by atoms with Crippen LogP contribution in [0.2, 0.25) is 0 Å². The molecule has 0 spiro atoms. The van der Waals surface area contributed by atoms with E-state index in [2.05, 4.69) is 20.8 Å². The van der Waals surface area contributed by atoms with Gasteiger partial charge in [0, 0.05) is 12.8 Å². The molecule has 1 aliphatic heterocycles. The van der Waals surface area contributed by atoms with Crippen LogP contribution in [-0.2, 0) is 13.6 Å². The lowest BCUT2D eigenvalue weighted by Gasteiger charge is -2.08. The summed E-state index contributed by atoms with van der Waals surface area (Å²) in [5.41, 5.74) is 0. The van der Waals surface area contributed by atoms with Gasteiger partial charge in [-0.1, -0.05) is 27.2 Å². The highest BCUT2D eigenvalue weighted by atomic mass is 31.2. The summed E-state index contributed by atoms with van der Waals surface area (Å²) in [6.07, 6.45) is 3.98. The molecule has 1 aliphatic rings. The van der Waals surface area contributed by atoms with Crippen molar-refractivity contribution in [3.8, 4) is 0 Å². The van der Waals surface area contributed by atoms with E-state index in [0.717, 1.165) is 43.8 Å². The predicted molar refractivity (Wildman–Crippen MR) is 57.6 cm³/mol. The van der Waals surface area contributed by atoms with E-state index in [1.54, 1.807) is 0 Å². The fourth-order valence-corrected chi connectivity index (χ4v) is 2.40. The highest BCUT2D eigenvalue weighted by Gasteiger charge is 2.28. The van der Waals surface area contributed by atoms with Crippen LogP contribution in [0.4, 0.5) is 0 Å². The molecule has 0 aromatic carbocycles. The molecule has 0 atom stereocenters. The second kappa shape index (κ2) is 6.26. The van der Waals surface area contributed by atoms with Crippen molar-refractivity contribution in [2.75, 3.05) is 6.61 Å². The van der Waals surface area contributed by atoms with Crippen molar-refractivity contribution in [3.63, 3.8) is 0 Å². The molecule has 0 aromatic heterocycles. The SMILES string of the molecule is CCCCOP1OC(CC)=C(CC)O1. The number of hydrogen-bond acceptors (Lipinski definition) is 3. The Morgan fingerprint density at radius 2 is 1.64 bits per heavy atom. The van der Waals surface area contributed by atoms with Crippen LogP contribution in [0.3, 0.4) is 0 Å². The van der Waals surface area contributed by atoms with Gasteiger partial charge in [-0.3, -0.25) is 4.52 Å². The molecule has 1 heterocycles. The minimum absolute atomic E-state index is 0.732. The Morgan fingerprint density at radius 3 is 2.07 bits per heavy atom. The summed E-state index contributed by atoms with van der Waals surface area (Å²) in [5, 5.41) is 0. The summed E-state index contributed by atoms with van der Waals surface area (Å²) < 4.78 is 16.6. The molecule has 0 N–H and O–H groups in total. The first-order chi connectivity index (χ1) is 6.81. The summed E-state index contributed by atoms with van der Waals surface area (Å²) in [6, 6.07) is 0. The van der Waals surface area contributed by atoms with Crippen LogP contribution in [0.1, 0.15) is 46.5 Å². The molecule has 82 valence electrons. The van der Waals surface area contributed by atoms with E-state index in [1.165, 1.54) is 0 Å². The zero-order chi connectivity index (χ0) is 10.4. The topological polar surface area (TPSA) is 27.7 Å². The molecule has 0 aromatic rings. The number of unbranched alkanes of at least 4 members (excludes halogenated alkanes) is 1. The van der Waals surface area contributed by atoms with Crippen LogP contribution in [-0.4, -0.2) is 6.61 Å². The smallest absolute Gasteiger partial charge is 0.419 e. The second-order valence-electron chi connectivity index (χ2n) is 3.15. The van der Waals surface area contributed by atoms with Crippen molar-refractivity contribution >= 4 is 8.60 Å². The third-order valence-corrected chi connectivity index (χ3v) is 3.15. The lowest BCUT2D eigenvalue weighted by Crippen LogP contribution is -1.89. The molecule has 0 bridgehead atoms. The normalized spacial score (nSPS) is 17.1. The van der Waals surface area contributed by atoms with Crippen molar-refractivity contribution in [2.24, 2.45) is 0 Å². The third kappa shape index (κ3) is 3.14. The van der Waals surface area contributed by atoms with Gasteiger partial charge in [0.1, 0.15) is 11.5 Å². The monoisotopic (exact) mass is 218 g/mol. The minimum Gasteiger partial charge on any atom is -0.419 e. The zero-order valence-electron chi connectivity index (χ0n) is 9.21. The van der Waals surface area contributed by atoms with Gasteiger partial charge in [0.15, 0.2) is 0 Å². The largest absolute Gasteiger partial charge is 0.462 e. The molecule has 1 rings (SSSR count). The average Bonchev–Trinajstić information content (AvgIpc) is 2.61. The molecule has 0 aliphatic carbocycles. The maximum atomic E-state index is 5.56. The van der Waals surface area contributed by atoms with Gasteiger partial charge in [0.05, 0.1) is 6.61 Å². The van der Waals surface area contributed by atoms with Gasteiger partial charge < -0.3 is 9.05 Å². The molecule has 0 radical (unpaired) electrons. The molecule has 0 saturated heterocycles. The van der Waals surface area contributed by atoms with Crippen LogP contribution in [0, 0.1) is 0 Å². The zero-order valence-corrected chi connectivity index (χ0v) is 10.1. The molecular formula is C10H19O3P. The third-order valence-electron chi connectivity index (χ3n) is 2.02. The molecule has 0 saturated carbocycles. The van der Waals surface area contributed by atoms with E-state index < -0.39 is 8.60 Å². The van der Waals surface area contributed by atoms with Crippen molar-refractivity contribution in [1.29, 1.82) is 0 Å². The van der Waals surface area contributed by atoms with Crippen molar-refractivity contribution in [3.05, 3.63) is 11.5 Å². The van der Waals surface area contributed by atoms with Gasteiger partial charge in [-0.05, 0) is 6.42 Å². The summed E-state index contributed by atoms with van der Waals surface area (Å²) in [5.74, 6) is 1.94. The van der Waals surface area contributed by atoms with E-state index in [-0.39, 0.29) is 0 Å². The first-order valence-electron chi connectivity index (χ1n) is 5.32. The Bertz CT molecular complexity index is 188. The maximum absolute atomic E-state index is 5.56. The predicted octanol–water partition coefficient (Wildman–Crippen LogP) is 4.11. The Labute approximate surface area is 87.4 Å². The first kappa shape index (κ1) is 11.8. The van der Waals surface area contributed by atoms with Crippen molar-refractivity contribution < 1.29 is 13.6 Å². The summed E-state index contributed by atoms with van der Waals surface area (Å²) in [4.78, 5) is 0. The van der Waals surface area contributed by atoms with E-state index in [0.29, 0.717) is 0 Å². The number of allylic oxidation sites excluding steroid dienone is 2. The van der Waals surface area contributed by atoms with E-state index in [9.17, 15) is 0 Å². The molecule has 14 heavy (non-hydrogen) atoms. The molecule has 0 unspecified atom stereocenters. The van der Waals surface area contributed by atoms with Crippen LogP contribution >= 0.6 is 8.60 Å². The van der Waals surface area contributed by atoms with E-state index in [4.69, 9.17) is 13.6 Å². The van der Waals surface area contributed by atoms with Crippen LogP contribution < -0.4 is 0 Å². The molecule has 0 amide bonds. The highest BCUT2D eigenvalue weighted by molar-refractivity contribution is 7.42. The highest BCUT2D eigenvalue weighted by Crippen LogP contribution is 2.52. The van der Waals surface area contributed by atoms with Gasteiger partial charge in [-0.2, -0.15) is 0 Å². The quantitative estimate of drug-likeness (QED) is 0.496. The summed E-state index contributed by atoms with van der Waals surface area (Å²) >= 11 is 0. The lowest BCUT2D eigenvalue weighted by molar-refractivity contribution is 0.242. The first-order valence-corrected chi connectivity index (χ1v) is 6.42. The van der Waals surface area contributed by atoms with Crippen LogP contribution in [0.5, 0.6) is 0 Å². The molecule has 3 nitrogen and oxygen atoms in total. The van der Waals surface area contributed by atoms with Gasteiger partial charge in [0.25, 0.3) is 0 Å². The van der Waals surface area contributed by atoms with Gasteiger partial charge in [-0.25, -0.2) is 0 Å². The number of rotatable bonds is 6. The molecule has 0 fully saturated rings. The maximum Gasteiger partial charge on any atom is 0.462 e. The molecule has 4 heteroatoms. The second-order valence-corrected chi connectivity index (χ2v) is 4.22. The lowest BCUT2D eigenvalue weighted by atomic mass is 10.3. The fraction of sp³-hybridized carbons (Fsp3) is 0.800. The average molecular weight is 218 g/mol. The van der Waals surface area contributed by atoms with Crippen molar-refractivity contribution in [1.82, 2.24) is 0 Å².